The zero-order valence-corrected chi connectivity index (χ0v) is 13.0. The number of thiazole rings is 1. The molecule has 0 aliphatic rings. The van der Waals surface area contributed by atoms with Crippen molar-refractivity contribution < 1.29 is 0 Å². The van der Waals surface area contributed by atoms with Crippen LogP contribution in [0.2, 0.25) is 0 Å². The van der Waals surface area contributed by atoms with E-state index in [0.717, 1.165) is 23.4 Å². The maximum absolute atomic E-state index is 5.99. The number of fused-ring (bicyclic) bond motifs is 1. The summed E-state index contributed by atoms with van der Waals surface area (Å²) in [7, 11) is 0. The number of imidazole rings is 1. The third kappa shape index (κ3) is 2.26. The molecular formula is C12H9ClIN3S. The Kier molecular flexibility index (Phi) is 3.54. The molecule has 1 aromatic carbocycles. The van der Waals surface area contributed by atoms with Crippen LogP contribution < -0.4 is 0 Å². The van der Waals surface area contributed by atoms with Gasteiger partial charge in [0, 0.05) is 14.6 Å². The lowest BCUT2D eigenvalue weighted by atomic mass is 10.3. The molecule has 0 unspecified atom stereocenters. The van der Waals surface area contributed by atoms with Crippen LogP contribution in [0.5, 0.6) is 0 Å². The highest BCUT2D eigenvalue weighted by molar-refractivity contribution is 14.1. The van der Waals surface area contributed by atoms with Crippen molar-refractivity contribution >= 4 is 56.6 Å². The first-order valence-corrected chi connectivity index (χ1v) is 7.85. The molecule has 92 valence electrons. The van der Waals surface area contributed by atoms with Crippen molar-refractivity contribution in [2.75, 3.05) is 0 Å². The monoisotopic (exact) mass is 389 g/mol. The normalized spacial score (nSPS) is 11.2. The zero-order valence-electron chi connectivity index (χ0n) is 9.31. The van der Waals surface area contributed by atoms with E-state index < -0.39 is 0 Å². The number of hydrogen-bond acceptors (Lipinski definition) is 3. The van der Waals surface area contributed by atoms with Crippen molar-refractivity contribution in [2.24, 2.45) is 0 Å². The van der Waals surface area contributed by atoms with Gasteiger partial charge in [0.25, 0.3) is 0 Å². The first-order valence-electron chi connectivity index (χ1n) is 5.36. The molecular weight excluding hydrogens is 381 g/mol. The Hall–Kier alpha value is -0.660. The average Bonchev–Trinajstić information content (AvgIpc) is 2.98. The minimum absolute atomic E-state index is 0.421. The van der Waals surface area contributed by atoms with Gasteiger partial charge in [-0.25, -0.2) is 4.98 Å². The second-order valence-electron chi connectivity index (χ2n) is 3.85. The van der Waals surface area contributed by atoms with Gasteiger partial charge in [0.15, 0.2) is 0 Å². The maximum Gasteiger partial charge on any atom is 0.125 e. The Morgan fingerprint density at radius 2 is 2.28 bits per heavy atom. The van der Waals surface area contributed by atoms with E-state index in [-0.39, 0.29) is 0 Å². The van der Waals surface area contributed by atoms with Crippen LogP contribution in [0, 0.1) is 3.57 Å². The Balaban J connectivity index is 2.15. The topological polar surface area (TPSA) is 30.7 Å². The first kappa shape index (κ1) is 12.4. The molecule has 0 radical (unpaired) electrons. The minimum Gasteiger partial charge on any atom is -0.322 e. The molecule has 0 aliphatic carbocycles. The summed E-state index contributed by atoms with van der Waals surface area (Å²) in [6, 6.07) is 6.24. The molecule has 0 saturated heterocycles. The average molecular weight is 390 g/mol. The van der Waals surface area contributed by atoms with E-state index in [2.05, 4.69) is 49.3 Å². The van der Waals surface area contributed by atoms with Crippen molar-refractivity contribution in [3.63, 3.8) is 0 Å². The molecule has 0 bridgehead atoms. The predicted molar refractivity (Wildman–Crippen MR) is 83.2 cm³/mol. The van der Waals surface area contributed by atoms with Crippen molar-refractivity contribution in [2.45, 2.75) is 12.4 Å². The first-order chi connectivity index (χ1) is 8.78. The summed E-state index contributed by atoms with van der Waals surface area (Å²) in [6.45, 7) is 0.781. The Morgan fingerprint density at radius 3 is 3.00 bits per heavy atom. The molecule has 18 heavy (non-hydrogen) atoms. The Morgan fingerprint density at radius 1 is 1.39 bits per heavy atom. The molecule has 0 amide bonds. The number of rotatable bonds is 3. The Labute approximate surface area is 127 Å². The van der Waals surface area contributed by atoms with Crippen molar-refractivity contribution in [1.29, 1.82) is 0 Å². The SMILES string of the molecule is ClCc1nc2ccc(I)cc2n1Cc1cncs1. The molecule has 2 heterocycles. The summed E-state index contributed by atoms with van der Waals surface area (Å²) in [5, 5.41) is 0. The second kappa shape index (κ2) is 5.14. The second-order valence-corrected chi connectivity index (χ2v) is 6.33. The minimum atomic E-state index is 0.421. The van der Waals surface area contributed by atoms with E-state index in [1.807, 2.05) is 17.8 Å². The lowest BCUT2D eigenvalue weighted by Crippen LogP contribution is -2.02. The standard InChI is InChI=1S/C12H9ClIN3S/c13-4-12-16-10-2-1-8(14)3-11(10)17(12)6-9-5-15-7-18-9/h1-3,5,7H,4,6H2. The van der Waals surface area contributed by atoms with Crippen LogP contribution in [0.4, 0.5) is 0 Å². The zero-order chi connectivity index (χ0) is 12.5. The maximum atomic E-state index is 5.99. The van der Waals surface area contributed by atoms with Gasteiger partial charge in [-0.05, 0) is 40.8 Å². The van der Waals surface area contributed by atoms with Crippen LogP contribution in [0.3, 0.4) is 0 Å². The molecule has 6 heteroatoms. The van der Waals surface area contributed by atoms with Gasteiger partial charge in [-0.2, -0.15) is 0 Å². The van der Waals surface area contributed by atoms with E-state index in [4.69, 9.17) is 11.6 Å². The summed E-state index contributed by atoms with van der Waals surface area (Å²) in [5.41, 5.74) is 3.97. The Bertz CT molecular complexity index is 678. The molecule has 0 aliphatic heterocycles. The van der Waals surface area contributed by atoms with Crippen LogP contribution in [0.1, 0.15) is 10.7 Å². The number of alkyl halides is 1. The number of hydrogen-bond donors (Lipinski definition) is 0. The molecule has 2 aromatic heterocycles. The largest absolute Gasteiger partial charge is 0.322 e. The van der Waals surface area contributed by atoms with E-state index in [9.17, 15) is 0 Å². The molecule has 0 N–H and O–H groups in total. The van der Waals surface area contributed by atoms with Crippen molar-refractivity contribution in [3.8, 4) is 0 Å². The highest BCUT2D eigenvalue weighted by Crippen LogP contribution is 2.22. The van der Waals surface area contributed by atoms with Crippen LogP contribution in [0.25, 0.3) is 11.0 Å². The fourth-order valence-electron chi connectivity index (χ4n) is 1.90. The van der Waals surface area contributed by atoms with Gasteiger partial charge in [-0.3, -0.25) is 4.98 Å². The summed E-state index contributed by atoms with van der Waals surface area (Å²) >= 11 is 9.95. The fraction of sp³-hybridized carbons (Fsp3) is 0.167. The number of halogens is 2. The number of aromatic nitrogens is 3. The molecule has 3 rings (SSSR count). The van der Waals surface area contributed by atoms with Crippen molar-refractivity contribution in [1.82, 2.24) is 14.5 Å². The van der Waals surface area contributed by atoms with E-state index >= 15 is 0 Å². The van der Waals surface area contributed by atoms with Crippen LogP contribution in [-0.4, -0.2) is 14.5 Å². The van der Waals surface area contributed by atoms with Gasteiger partial charge in [-0.15, -0.1) is 22.9 Å². The van der Waals surface area contributed by atoms with E-state index in [1.165, 1.54) is 8.45 Å². The molecule has 3 aromatic rings. The molecule has 0 spiro atoms. The van der Waals surface area contributed by atoms with Crippen LogP contribution in [-0.2, 0) is 12.4 Å². The molecule has 0 saturated carbocycles. The highest BCUT2D eigenvalue weighted by Gasteiger charge is 2.11. The summed E-state index contributed by atoms with van der Waals surface area (Å²) in [4.78, 5) is 9.88. The van der Waals surface area contributed by atoms with Crippen LogP contribution >= 0.6 is 45.5 Å². The molecule has 0 fully saturated rings. The molecule has 0 atom stereocenters. The van der Waals surface area contributed by atoms with Gasteiger partial charge in [0.2, 0.25) is 0 Å². The summed E-state index contributed by atoms with van der Waals surface area (Å²) in [6.07, 6.45) is 1.89. The summed E-state index contributed by atoms with van der Waals surface area (Å²) in [5.74, 6) is 1.33. The van der Waals surface area contributed by atoms with Gasteiger partial charge in [0.1, 0.15) is 5.82 Å². The fourth-order valence-corrected chi connectivity index (χ4v) is 3.16. The predicted octanol–water partition coefficient (Wildman–Crippen LogP) is 3.88. The van der Waals surface area contributed by atoms with Crippen molar-refractivity contribution in [3.05, 3.63) is 44.2 Å². The lowest BCUT2D eigenvalue weighted by molar-refractivity contribution is 0.787. The van der Waals surface area contributed by atoms with Gasteiger partial charge >= 0.3 is 0 Å². The lowest BCUT2D eigenvalue weighted by Gasteiger charge is -2.05. The quantitative estimate of drug-likeness (QED) is 0.503. The van der Waals surface area contributed by atoms with Gasteiger partial charge in [0.05, 0.1) is 29.0 Å². The van der Waals surface area contributed by atoms with Gasteiger partial charge in [-0.1, -0.05) is 0 Å². The van der Waals surface area contributed by atoms with Crippen LogP contribution in [0.15, 0.2) is 29.9 Å². The third-order valence-corrected chi connectivity index (χ3v) is 4.38. The number of nitrogens with zero attached hydrogens (tertiary/aromatic N) is 3. The van der Waals surface area contributed by atoms with E-state index in [1.54, 1.807) is 11.3 Å². The number of benzene rings is 1. The highest BCUT2D eigenvalue weighted by atomic mass is 127. The smallest absolute Gasteiger partial charge is 0.125 e. The molecule has 3 nitrogen and oxygen atoms in total. The van der Waals surface area contributed by atoms with E-state index in [0.29, 0.717) is 5.88 Å². The third-order valence-electron chi connectivity index (χ3n) is 2.71. The van der Waals surface area contributed by atoms with Gasteiger partial charge < -0.3 is 4.57 Å². The summed E-state index contributed by atoms with van der Waals surface area (Å²) < 4.78 is 3.37.